The zero-order valence-corrected chi connectivity index (χ0v) is 19.2. The highest BCUT2D eigenvalue weighted by Crippen LogP contribution is 2.32. The maximum absolute atomic E-state index is 13.5. The van der Waals surface area contributed by atoms with Crippen molar-refractivity contribution in [1.82, 2.24) is 4.90 Å². The maximum atomic E-state index is 13.5. The summed E-state index contributed by atoms with van der Waals surface area (Å²) in [5, 5.41) is 2.50. The van der Waals surface area contributed by atoms with Crippen molar-refractivity contribution in [3.8, 4) is 5.75 Å². The molecule has 3 aromatic carbocycles. The molecule has 5 nitrogen and oxygen atoms in total. The van der Waals surface area contributed by atoms with Crippen LogP contribution in [0, 0.1) is 0 Å². The second-order valence-corrected chi connectivity index (χ2v) is 7.94. The number of fused-ring (bicyclic) bond motifs is 1. The van der Waals surface area contributed by atoms with Crippen LogP contribution in [0.3, 0.4) is 0 Å². The van der Waals surface area contributed by atoms with Gasteiger partial charge in [-0.15, -0.1) is 0 Å². The molecule has 0 unspecified atom stereocenters. The average molecular weight is 465 g/mol. The first-order chi connectivity index (χ1) is 15.5. The van der Waals surface area contributed by atoms with Crippen molar-refractivity contribution in [2.45, 2.75) is 13.8 Å². The van der Waals surface area contributed by atoms with E-state index >= 15 is 0 Å². The number of nitrogens with zero attached hydrogens (tertiary/aromatic N) is 2. The van der Waals surface area contributed by atoms with Crippen LogP contribution in [-0.2, 0) is 9.59 Å². The fraction of sp³-hybridized carbons (Fsp3) is 0.160. The van der Waals surface area contributed by atoms with Crippen LogP contribution in [0.5, 0.6) is 5.75 Å². The Labute approximate surface area is 196 Å². The van der Waals surface area contributed by atoms with Gasteiger partial charge >= 0.3 is 0 Å². The predicted octanol–water partition coefficient (Wildman–Crippen LogP) is 5.46. The minimum Gasteiger partial charge on any atom is -0.493 e. The number of hydrogen-bond acceptors (Lipinski definition) is 4. The third-order valence-corrected chi connectivity index (χ3v) is 5.90. The van der Waals surface area contributed by atoms with Gasteiger partial charge in [-0.05, 0) is 73.4 Å². The Kier molecular flexibility index (Phi) is 6.26. The maximum Gasteiger partial charge on any atom is 0.270 e. The molecule has 0 bridgehead atoms. The highest BCUT2D eigenvalue weighted by Gasteiger charge is 2.39. The molecule has 1 aliphatic rings. The SMILES string of the molecule is CCOc1ccc(/C=C2\C(=O)N(CC)C(=S)N(c3ccc(Cl)cc3)C2=O)c2ccccc12. The fourth-order valence-corrected chi connectivity index (χ4v) is 4.26. The zero-order valence-electron chi connectivity index (χ0n) is 17.7. The van der Waals surface area contributed by atoms with Gasteiger partial charge in [0.2, 0.25) is 0 Å². The molecule has 0 saturated carbocycles. The van der Waals surface area contributed by atoms with Crippen molar-refractivity contribution in [3.63, 3.8) is 0 Å². The summed E-state index contributed by atoms with van der Waals surface area (Å²) >= 11 is 11.5. The molecule has 1 saturated heterocycles. The number of benzene rings is 3. The Hall–Kier alpha value is -3.22. The van der Waals surface area contributed by atoms with E-state index in [1.165, 1.54) is 9.80 Å². The minimum absolute atomic E-state index is 0.0460. The summed E-state index contributed by atoms with van der Waals surface area (Å²) in [6.45, 7) is 4.64. The van der Waals surface area contributed by atoms with Gasteiger partial charge in [0.15, 0.2) is 5.11 Å². The van der Waals surface area contributed by atoms with E-state index < -0.39 is 11.8 Å². The number of likely N-dealkylation sites (N-methyl/N-ethyl adjacent to an activating group) is 1. The van der Waals surface area contributed by atoms with E-state index in [0.717, 1.165) is 22.1 Å². The van der Waals surface area contributed by atoms with Gasteiger partial charge in [-0.1, -0.05) is 41.9 Å². The van der Waals surface area contributed by atoms with Gasteiger partial charge in [0.1, 0.15) is 11.3 Å². The molecule has 4 rings (SSSR count). The molecule has 0 aliphatic carbocycles. The first kappa shape index (κ1) is 22.0. The third-order valence-electron chi connectivity index (χ3n) is 5.25. The number of anilines is 1. The first-order valence-corrected chi connectivity index (χ1v) is 11.1. The number of carbonyl (C=O) groups is 2. The lowest BCUT2D eigenvalue weighted by Gasteiger charge is -2.36. The van der Waals surface area contributed by atoms with Gasteiger partial charge in [-0.2, -0.15) is 0 Å². The molecule has 1 aliphatic heterocycles. The second-order valence-electron chi connectivity index (χ2n) is 7.14. The topological polar surface area (TPSA) is 49.9 Å². The van der Waals surface area contributed by atoms with Crippen LogP contribution in [0.4, 0.5) is 5.69 Å². The number of halogens is 1. The van der Waals surface area contributed by atoms with E-state index in [1.54, 1.807) is 30.3 Å². The van der Waals surface area contributed by atoms with Gasteiger partial charge < -0.3 is 4.74 Å². The van der Waals surface area contributed by atoms with Crippen LogP contribution in [0.15, 0.2) is 66.2 Å². The highest BCUT2D eigenvalue weighted by molar-refractivity contribution is 7.80. The van der Waals surface area contributed by atoms with Gasteiger partial charge in [0, 0.05) is 17.0 Å². The van der Waals surface area contributed by atoms with Crippen molar-refractivity contribution < 1.29 is 14.3 Å². The molecule has 0 N–H and O–H groups in total. The van der Waals surface area contributed by atoms with E-state index in [1.807, 2.05) is 50.2 Å². The molecule has 0 atom stereocenters. The van der Waals surface area contributed by atoms with Crippen molar-refractivity contribution in [1.29, 1.82) is 0 Å². The van der Waals surface area contributed by atoms with Crippen LogP contribution in [-0.4, -0.2) is 35.0 Å². The lowest BCUT2D eigenvalue weighted by molar-refractivity contribution is -0.127. The largest absolute Gasteiger partial charge is 0.493 e. The van der Waals surface area contributed by atoms with Crippen LogP contribution in [0.2, 0.25) is 5.02 Å². The molecule has 1 heterocycles. The van der Waals surface area contributed by atoms with Crippen LogP contribution < -0.4 is 9.64 Å². The summed E-state index contributed by atoms with van der Waals surface area (Å²) < 4.78 is 5.74. The van der Waals surface area contributed by atoms with Gasteiger partial charge in [-0.25, -0.2) is 0 Å². The van der Waals surface area contributed by atoms with E-state index in [2.05, 4.69) is 0 Å². The monoisotopic (exact) mass is 464 g/mol. The number of thiocarbonyl (C=S) groups is 1. The molecular weight excluding hydrogens is 444 g/mol. The van der Waals surface area contributed by atoms with Gasteiger partial charge in [0.05, 0.1) is 12.3 Å². The molecule has 3 aromatic rings. The predicted molar refractivity (Wildman–Crippen MR) is 132 cm³/mol. The van der Waals surface area contributed by atoms with Crippen LogP contribution in [0.1, 0.15) is 19.4 Å². The number of ether oxygens (including phenoxy) is 1. The number of amides is 2. The van der Waals surface area contributed by atoms with E-state index in [0.29, 0.717) is 23.9 Å². The molecule has 32 heavy (non-hydrogen) atoms. The third kappa shape index (κ3) is 3.87. The standard InChI is InChI=1S/C25H21ClN2O3S/c1-3-27-23(29)21(24(30)28(25(27)32)18-12-10-17(26)11-13-18)15-16-9-14-22(31-4-2)20-8-6-5-7-19(16)20/h5-15H,3-4H2,1-2H3/b21-15+. The number of hydrogen-bond donors (Lipinski definition) is 0. The first-order valence-electron chi connectivity index (χ1n) is 10.3. The molecular formula is C25H21ClN2O3S. The van der Waals surface area contributed by atoms with Crippen molar-refractivity contribution >= 4 is 63.3 Å². The summed E-state index contributed by atoms with van der Waals surface area (Å²) in [7, 11) is 0. The number of carbonyl (C=O) groups excluding carboxylic acids is 2. The lowest BCUT2D eigenvalue weighted by Crippen LogP contribution is -2.56. The summed E-state index contributed by atoms with van der Waals surface area (Å²) in [4.78, 5) is 29.5. The van der Waals surface area contributed by atoms with Crippen LogP contribution >= 0.6 is 23.8 Å². The van der Waals surface area contributed by atoms with Gasteiger partial charge in [0.25, 0.3) is 11.8 Å². The smallest absolute Gasteiger partial charge is 0.270 e. The van der Waals surface area contributed by atoms with Crippen molar-refractivity contribution in [2.75, 3.05) is 18.1 Å². The van der Waals surface area contributed by atoms with Crippen LogP contribution in [0.25, 0.3) is 16.8 Å². The second kappa shape index (κ2) is 9.10. The summed E-state index contributed by atoms with van der Waals surface area (Å²) in [6.07, 6.45) is 1.63. The fourth-order valence-electron chi connectivity index (χ4n) is 3.73. The van der Waals surface area contributed by atoms with Crippen molar-refractivity contribution in [2.24, 2.45) is 0 Å². The summed E-state index contributed by atoms with van der Waals surface area (Å²) in [6, 6.07) is 18.2. The molecule has 2 amide bonds. The Morgan fingerprint density at radius 2 is 1.62 bits per heavy atom. The van der Waals surface area contributed by atoms with E-state index in [-0.39, 0.29) is 10.7 Å². The Bertz CT molecular complexity index is 1250. The molecule has 0 spiro atoms. The Balaban J connectivity index is 1.85. The van der Waals surface area contributed by atoms with E-state index in [9.17, 15) is 9.59 Å². The Morgan fingerprint density at radius 1 is 0.938 bits per heavy atom. The van der Waals surface area contributed by atoms with Gasteiger partial charge in [-0.3, -0.25) is 19.4 Å². The summed E-state index contributed by atoms with van der Waals surface area (Å²) in [5.41, 5.74) is 1.35. The molecule has 0 aromatic heterocycles. The number of rotatable bonds is 5. The quantitative estimate of drug-likeness (QED) is 0.286. The average Bonchev–Trinajstić information content (AvgIpc) is 2.79. The highest BCUT2D eigenvalue weighted by atomic mass is 35.5. The molecule has 1 fully saturated rings. The molecule has 0 radical (unpaired) electrons. The summed E-state index contributed by atoms with van der Waals surface area (Å²) in [5.74, 6) is -0.124. The molecule has 162 valence electrons. The minimum atomic E-state index is -0.468. The molecule has 7 heteroatoms. The lowest BCUT2D eigenvalue weighted by atomic mass is 9.99. The zero-order chi connectivity index (χ0) is 22.8. The van der Waals surface area contributed by atoms with Crippen molar-refractivity contribution in [3.05, 3.63) is 76.8 Å². The Morgan fingerprint density at radius 3 is 2.28 bits per heavy atom. The van der Waals surface area contributed by atoms with E-state index in [4.69, 9.17) is 28.6 Å². The normalized spacial score (nSPS) is 15.7.